The van der Waals surface area contributed by atoms with Crippen molar-refractivity contribution in [3.8, 4) is 0 Å². The molecule has 34 heavy (non-hydrogen) atoms. The van der Waals surface area contributed by atoms with Crippen molar-refractivity contribution in [2.75, 3.05) is 30.9 Å². The van der Waals surface area contributed by atoms with Crippen LogP contribution < -0.4 is 16.0 Å². The highest BCUT2D eigenvalue weighted by Gasteiger charge is 2.29. The van der Waals surface area contributed by atoms with Gasteiger partial charge in [-0.3, -0.25) is 19.7 Å². The lowest BCUT2D eigenvalue weighted by molar-refractivity contribution is -0.141. The van der Waals surface area contributed by atoms with Crippen molar-refractivity contribution in [2.24, 2.45) is 0 Å². The number of carbonyl (C=O) groups is 3. The minimum absolute atomic E-state index is 0.0920. The number of esters is 1. The minimum Gasteiger partial charge on any atom is -0.465 e. The number of nitrogens with zero attached hydrogens (tertiary/aromatic N) is 2. The molecule has 10 nitrogen and oxygen atoms in total. The van der Waals surface area contributed by atoms with Crippen molar-refractivity contribution in [2.45, 2.75) is 45.2 Å². The number of pyridine rings is 1. The van der Waals surface area contributed by atoms with E-state index in [1.807, 2.05) is 18.2 Å². The average Bonchev–Trinajstić information content (AvgIpc) is 3.37. The maximum Gasteiger partial charge on any atom is 0.325 e. The number of benzene rings is 1. The summed E-state index contributed by atoms with van der Waals surface area (Å²) in [6.07, 6.45) is 5.64. The van der Waals surface area contributed by atoms with Gasteiger partial charge in [0.05, 0.1) is 25.3 Å². The maximum absolute atomic E-state index is 13.2. The zero-order chi connectivity index (χ0) is 24.3. The van der Waals surface area contributed by atoms with Crippen LogP contribution in [0, 0.1) is 0 Å². The second-order valence-electron chi connectivity index (χ2n) is 7.81. The number of hydrogen-bond acceptors (Lipinski definition) is 7. The van der Waals surface area contributed by atoms with E-state index in [4.69, 9.17) is 9.57 Å². The van der Waals surface area contributed by atoms with E-state index in [9.17, 15) is 14.4 Å². The molecule has 0 spiro atoms. The van der Waals surface area contributed by atoms with Crippen molar-refractivity contribution in [3.05, 3.63) is 53.7 Å². The molecule has 1 aromatic heterocycles. The Morgan fingerprint density at radius 2 is 1.91 bits per heavy atom. The van der Waals surface area contributed by atoms with Crippen LogP contribution in [0.15, 0.2) is 42.6 Å². The van der Waals surface area contributed by atoms with E-state index in [1.165, 1.54) is 12.2 Å². The molecule has 3 N–H and O–H groups in total. The maximum atomic E-state index is 13.2. The van der Waals surface area contributed by atoms with Crippen molar-refractivity contribution in [1.29, 1.82) is 0 Å². The average molecular weight is 470 g/mol. The number of ether oxygens (including phenoxy) is 1. The molecule has 182 valence electrons. The third-order valence-electron chi connectivity index (χ3n) is 5.46. The molecule has 1 heterocycles. The molecule has 0 unspecified atom stereocenters. The highest BCUT2D eigenvalue weighted by Crippen LogP contribution is 2.27. The van der Waals surface area contributed by atoms with E-state index in [1.54, 1.807) is 31.3 Å². The molecule has 0 atom stereocenters. The highest BCUT2D eigenvalue weighted by atomic mass is 16.7. The molecule has 1 aliphatic rings. The Hall–Kier alpha value is -3.66. The van der Waals surface area contributed by atoms with Gasteiger partial charge in [0, 0.05) is 18.4 Å². The van der Waals surface area contributed by atoms with Crippen LogP contribution >= 0.6 is 0 Å². The van der Waals surface area contributed by atoms with E-state index in [0.29, 0.717) is 23.6 Å². The Bertz CT molecular complexity index is 993. The number of carbonyl (C=O) groups excluding carboxylic acids is 3. The van der Waals surface area contributed by atoms with E-state index in [0.717, 1.165) is 31.2 Å². The molecule has 0 radical (unpaired) electrons. The van der Waals surface area contributed by atoms with E-state index < -0.39 is 12.0 Å². The van der Waals surface area contributed by atoms with Crippen LogP contribution in [0.25, 0.3) is 0 Å². The lowest BCUT2D eigenvalue weighted by Gasteiger charge is -2.27. The molecule has 3 amide bonds. The molecular weight excluding hydrogens is 438 g/mol. The van der Waals surface area contributed by atoms with Crippen LogP contribution in [-0.2, 0) is 20.9 Å². The predicted octanol–water partition coefficient (Wildman–Crippen LogP) is 3.32. The van der Waals surface area contributed by atoms with Crippen LogP contribution in [0.4, 0.5) is 16.3 Å². The van der Waals surface area contributed by atoms with Gasteiger partial charge in [0.1, 0.15) is 12.4 Å². The molecule has 3 rings (SSSR count). The van der Waals surface area contributed by atoms with Gasteiger partial charge in [-0.15, -0.1) is 0 Å². The van der Waals surface area contributed by atoms with Crippen LogP contribution in [0.2, 0.25) is 0 Å². The van der Waals surface area contributed by atoms with Gasteiger partial charge in [-0.2, -0.15) is 0 Å². The molecule has 1 saturated carbocycles. The first kappa shape index (κ1) is 25.0. The summed E-state index contributed by atoms with van der Waals surface area (Å²) >= 11 is 0. The monoisotopic (exact) mass is 469 g/mol. The van der Waals surface area contributed by atoms with Crippen molar-refractivity contribution in [3.63, 3.8) is 0 Å². The Morgan fingerprint density at radius 3 is 2.65 bits per heavy atom. The lowest BCUT2D eigenvalue weighted by Crippen LogP contribution is -2.38. The Kier molecular flexibility index (Phi) is 9.21. The molecule has 1 aliphatic carbocycles. The topological polar surface area (TPSA) is 122 Å². The van der Waals surface area contributed by atoms with Gasteiger partial charge in [-0.05, 0) is 49.6 Å². The number of hydroxylamine groups is 2. The van der Waals surface area contributed by atoms with Gasteiger partial charge in [0.2, 0.25) is 0 Å². The summed E-state index contributed by atoms with van der Waals surface area (Å²) in [6.45, 7) is 2.12. The highest BCUT2D eigenvalue weighted by molar-refractivity contribution is 5.99. The van der Waals surface area contributed by atoms with Crippen LogP contribution in [0.1, 0.15) is 48.5 Å². The number of nitrogens with one attached hydrogen (secondary N) is 3. The Labute approximate surface area is 199 Å². The fourth-order valence-corrected chi connectivity index (χ4v) is 3.85. The summed E-state index contributed by atoms with van der Waals surface area (Å²) < 4.78 is 4.77. The fourth-order valence-electron chi connectivity index (χ4n) is 3.85. The molecule has 0 saturated heterocycles. The molecule has 2 aromatic rings. The number of anilines is 2. The molecule has 1 fully saturated rings. The predicted molar refractivity (Wildman–Crippen MR) is 127 cm³/mol. The summed E-state index contributed by atoms with van der Waals surface area (Å²) in [5.74, 6) is -0.360. The van der Waals surface area contributed by atoms with Crippen molar-refractivity contribution < 1.29 is 24.0 Å². The molecule has 0 bridgehead atoms. The zero-order valence-electron chi connectivity index (χ0n) is 19.5. The number of para-hydroxylation sites is 1. The first-order chi connectivity index (χ1) is 16.5. The first-order valence-electron chi connectivity index (χ1n) is 11.4. The van der Waals surface area contributed by atoms with Gasteiger partial charge in [-0.1, -0.05) is 25.0 Å². The van der Waals surface area contributed by atoms with Gasteiger partial charge in [0.15, 0.2) is 0 Å². The van der Waals surface area contributed by atoms with E-state index >= 15 is 0 Å². The zero-order valence-corrected chi connectivity index (χ0v) is 19.5. The number of hydrogen-bond donors (Lipinski definition) is 3. The van der Waals surface area contributed by atoms with E-state index in [-0.39, 0.29) is 25.1 Å². The summed E-state index contributed by atoms with van der Waals surface area (Å²) in [5, 5.41) is 9.78. The molecule has 10 heteroatoms. The smallest absolute Gasteiger partial charge is 0.325 e. The standard InChI is InChI=1S/C24H31N5O5/c1-3-34-22(30)16-27-24(32)28-21-14-17(12-13-25-21)15-26-20-11-7-6-10-19(20)23(31)29(33-2)18-8-4-5-9-18/h6-7,10-14,18,26H,3-5,8-9,15-16H2,1-2H3,(H2,25,27,28,32). The van der Waals surface area contributed by atoms with Crippen LogP contribution in [0.3, 0.4) is 0 Å². The minimum atomic E-state index is -0.562. The summed E-state index contributed by atoms with van der Waals surface area (Å²) in [7, 11) is 1.53. The normalized spacial score (nSPS) is 13.2. The quantitative estimate of drug-likeness (QED) is 0.360. The SMILES string of the molecule is CCOC(=O)CNC(=O)Nc1cc(CNc2ccccc2C(=O)N(OC)C2CCCC2)ccn1. The second-order valence-corrected chi connectivity index (χ2v) is 7.81. The fraction of sp³-hybridized carbons (Fsp3) is 0.417. The number of rotatable bonds is 10. The summed E-state index contributed by atoms with van der Waals surface area (Å²) in [6, 6.07) is 10.4. The first-order valence-corrected chi connectivity index (χ1v) is 11.4. The second kappa shape index (κ2) is 12.5. The number of urea groups is 1. The lowest BCUT2D eigenvalue weighted by atomic mass is 10.1. The largest absolute Gasteiger partial charge is 0.465 e. The van der Waals surface area contributed by atoms with Gasteiger partial charge >= 0.3 is 12.0 Å². The molecule has 1 aromatic carbocycles. The van der Waals surface area contributed by atoms with Crippen molar-refractivity contribution in [1.82, 2.24) is 15.4 Å². The van der Waals surface area contributed by atoms with Gasteiger partial charge in [0.25, 0.3) is 5.91 Å². The number of amides is 3. The van der Waals surface area contributed by atoms with Gasteiger partial charge in [-0.25, -0.2) is 14.8 Å². The summed E-state index contributed by atoms with van der Waals surface area (Å²) in [4.78, 5) is 46.1. The summed E-state index contributed by atoms with van der Waals surface area (Å²) in [5.41, 5.74) is 2.06. The Balaban J connectivity index is 1.61. The number of aromatic nitrogens is 1. The van der Waals surface area contributed by atoms with Crippen LogP contribution in [-0.4, -0.2) is 54.3 Å². The van der Waals surface area contributed by atoms with Crippen molar-refractivity contribution >= 4 is 29.4 Å². The van der Waals surface area contributed by atoms with Crippen LogP contribution in [0.5, 0.6) is 0 Å². The van der Waals surface area contributed by atoms with Gasteiger partial charge < -0.3 is 15.4 Å². The third kappa shape index (κ3) is 6.92. The Morgan fingerprint density at radius 1 is 1.15 bits per heavy atom. The third-order valence-corrected chi connectivity index (χ3v) is 5.46. The molecule has 0 aliphatic heterocycles. The molecular formula is C24H31N5O5. The van der Waals surface area contributed by atoms with E-state index in [2.05, 4.69) is 20.9 Å².